The van der Waals surface area contributed by atoms with Crippen LogP contribution in [0.1, 0.15) is 5.56 Å². The average molecular weight is 243 g/mol. The zero-order valence-electron chi connectivity index (χ0n) is 10.5. The van der Waals surface area contributed by atoms with Gasteiger partial charge in [0.2, 0.25) is 0 Å². The fourth-order valence-electron chi connectivity index (χ4n) is 1.73. The molecule has 0 saturated heterocycles. The van der Waals surface area contributed by atoms with Crippen molar-refractivity contribution in [3.8, 4) is 0 Å². The summed E-state index contributed by atoms with van der Waals surface area (Å²) in [6, 6.07) is 10.3. The standard InChI is InChI=1S/C14H17N3O/c1-18-10-9-17(14-11-15-7-8-16-14)12-13-5-3-2-4-6-13/h2-8,11H,9-10,12H2,1H3. The number of rotatable bonds is 6. The van der Waals surface area contributed by atoms with E-state index in [9.17, 15) is 0 Å². The van der Waals surface area contributed by atoms with Crippen LogP contribution in [0.3, 0.4) is 0 Å². The lowest BCUT2D eigenvalue weighted by molar-refractivity contribution is 0.205. The van der Waals surface area contributed by atoms with Crippen molar-refractivity contribution in [3.05, 3.63) is 54.5 Å². The van der Waals surface area contributed by atoms with E-state index >= 15 is 0 Å². The zero-order chi connectivity index (χ0) is 12.6. The summed E-state index contributed by atoms with van der Waals surface area (Å²) in [6.07, 6.45) is 5.17. The predicted molar refractivity (Wildman–Crippen MR) is 71.4 cm³/mol. The molecule has 0 aliphatic rings. The molecule has 0 bridgehead atoms. The van der Waals surface area contributed by atoms with Crippen LogP contribution >= 0.6 is 0 Å². The molecule has 0 aliphatic carbocycles. The topological polar surface area (TPSA) is 38.2 Å². The van der Waals surface area contributed by atoms with Gasteiger partial charge in [-0.25, -0.2) is 4.98 Å². The molecule has 0 amide bonds. The second kappa shape index (κ2) is 6.71. The SMILES string of the molecule is COCCN(Cc1ccccc1)c1cnccn1. The molecule has 0 spiro atoms. The highest BCUT2D eigenvalue weighted by atomic mass is 16.5. The van der Waals surface area contributed by atoms with Crippen molar-refractivity contribution in [1.82, 2.24) is 9.97 Å². The van der Waals surface area contributed by atoms with Crippen LogP contribution in [0.4, 0.5) is 5.82 Å². The highest BCUT2D eigenvalue weighted by Crippen LogP contribution is 2.12. The number of anilines is 1. The molecule has 1 aromatic carbocycles. The van der Waals surface area contributed by atoms with E-state index in [4.69, 9.17) is 4.74 Å². The minimum Gasteiger partial charge on any atom is -0.383 e. The summed E-state index contributed by atoms with van der Waals surface area (Å²) in [5, 5.41) is 0. The monoisotopic (exact) mass is 243 g/mol. The smallest absolute Gasteiger partial charge is 0.147 e. The van der Waals surface area contributed by atoms with Gasteiger partial charge in [-0.1, -0.05) is 30.3 Å². The molecule has 4 nitrogen and oxygen atoms in total. The summed E-state index contributed by atoms with van der Waals surface area (Å²) < 4.78 is 5.14. The molecule has 1 heterocycles. The first kappa shape index (κ1) is 12.5. The Kier molecular flexibility index (Phi) is 4.67. The molecular formula is C14H17N3O. The number of methoxy groups -OCH3 is 1. The molecule has 2 aromatic rings. The highest BCUT2D eigenvalue weighted by molar-refractivity contribution is 5.36. The second-order valence-corrected chi connectivity index (χ2v) is 3.96. The number of nitrogens with zero attached hydrogens (tertiary/aromatic N) is 3. The van der Waals surface area contributed by atoms with Crippen molar-refractivity contribution in [1.29, 1.82) is 0 Å². The molecule has 4 heteroatoms. The van der Waals surface area contributed by atoms with Crippen LogP contribution in [0.15, 0.2) is 48.9 Å². The second-order valence-electron chi connectivity index (χ2n) is 3.96. The van der Waals surface area contributed by atoms with Gasteiger partial charge in [0.25, 0.3) is 0 Å². The lowest BCUT2D eigenvalue weighted by Crippen LogP contribution is -2.27. The minimum atomic E-state index is 0.670. The van der Waals surface area contributed by atoms with Crippen LogP contribution in [0.5, 0.6) is 0 Å². The third kappa shape index (κ3) is 3.53. The number of hydrogen-bond donors (Lipinski definition) is 0. The summed E-state index contributed by atoms with van der Waals surface area (Å²) >= 11 is 0. The van der Waals surface area contributed by atoms with Gasteiger partial charge < -0.3 is 9.64 Å². The molecule has 0 radical (unpaired) electrons. The van der Waals surface area contributed by atoms with Crippen LogP contribution in [0, 0.1) is 0 Å². The van der Waals surface area contributed by atoms with E-state index in [2.05, 4.69) is 27.0 Å². The lowest BCUT2D eigenvalue weighted by Gasteiger charge is -2.23. The molecular weight excluding hydrogens is 226 g/mol. The Morgan fingerprint density at radius 3 is 2.67 bits per heavy atom. The molecule has 0 aliphatic heterocycles. The molecule has 0 saturated carbocycles. The van der Waals surface area contributed by atoms with Gasteiger partial charge in [-0.05, 0) is 5.56 Å². The Hall–Kier alpha value is -1.94. The Bertz CT molecular complexity index is 447. The maximum Gasteiger partial charge on any atom is 0.147 e. The average Bonchev–Trinajstić information content (AvgIpc) is 2.45. The number of aromatic nitrogens is 2. The van der Waals surface area contributed by atoms with E-state index in [1.165, 1.54) is 5.56 Å². The lowest BCUT2D eigenvalue weighted by atomic mass is 10.2. The van der Waals surface area contributed by atoms with Crippen LogP contribution in [-0.2, 0) is 11.3 Å². The maximum absolute atomic E-state index is 5.14. The predicted octanol–water partition coefficient (Wildman–Crippen LogP) is 2.13. The van der Waals surface area contributed by atoms with Gasteiger partial charge in [-0.15, -0.1) is 0 Å². The van der Waals surface area contributed by atoms with Crippen LogP contribution in [-0.4, -0.2) is 30.2 Å². The molecule has 2 rings (SSSR count). The highest BCUT2D eigenvalue weighted by Gasteiger charge is 2.08. The fourth-order valence-corrected chi connectivity index (χ4v) is 1.73. The molecule has 0 N–H and O–H groups in total. The summed E-state index contributed by atoms with van der Waals surface area (Å²) in [5.41, 5.74) is 1.25. The van der Waals surface area contributed by atoms with Crippen molar-refractivity contribution in [2.45, 2.75) is 6.54 Å². The van der Waals surface area contributed by atoms with Gasteiger partial charge in [-0.3, -0.25) is 4.98 Å². The summed E-state index contributed by atoms with van der Waals surface area (Å²) in [6.45, 7) is 2.27. The molecule has 1 aromatic heterocycles. The zero-order valence-corrected chi connectivity index (χ0v) is 10.5. The third-order valence-corrected chi connectivity index (χ3v) is 2.66. The summed E-state index contributed by atoms with van der Waals surface area (Å²) in [7, 11) is 1.71. The van der Waals surface area contributed by atoms with Gasteiger partial charge >= 0.3 is 0 Å². The Morgan fingerprint density at radius 2 is 2.00 bits per heavy atom. The number of benzene rings is 1. The van der Waals surface area contributed by atoms with Gasteiger partial charge in [0.05, 0.1) is 12.8 Å². The van der Waals surface area contributed by atoms with Crippen molar-refractivity contribution >= 4 is 5.82 Å². The number of ether oxygens (including phenoxy) is 1. The Balaban J connectivity index is 2.10. The van der Waals surface area contributed by atoms with E-state index in [1.807, 2.05) is 18.2 Å². The van der Waals surface area contributed by atoms with Gasteiger partial charge in [-0.2, -0.15) is 0 Å². The van der Waals surface area contributed by atoms with Crippen LogP contribution in [0.25, 0.3) is 0 Å². The summed E-state index contributed by atoms with van der Waals surface area (Å²) in [5.74, 6) is 0.874. The van der Waals surface area contributed by atoms with E-state index in [0.717, 1.165) is 18.9 Å². The first-order chi connectivity index (χ1) is 8.90. The van der Waals surface area contributed by atoms with Crippen LogP contribution < -0.4 is 4.90 Å². The van der Waals surface area contributed by atoms with Gasteiger partial charge in [0.15, 0.2) is 0 Å². The minimum absolute atomic E-state index is 0.670. The van der Waals surface area contributed by atoms with Crippen molar-refractivity contribution in [2.24, 2.45) is 0 Å². The Labute approximate surface area is 107 Å². The van der Waals surface area contributed by atoms with Gasteiger partial charge in [0, 0.05) is 32.6 Å². The first-order valence-electron chi connectivity index (χ1n) is 5.94. The van der Waals surface area contributed by atoms with E-state index in [0.29, 0.717) is 6.61 Å². The quantitative estimate of drug-likeness (QED) is 0.779. The molecule has 18 heavy (non-hydrogen) atoms. The number of hydrogen-bond acceptors (Lipinski definition) is 4. The van der Waals surface area contributed by atoms with Crippen LogP contribution in [0.2, 0.25) is 0 Å². The summed E-state index contributed by atoms with van der Waals surface area (Å²) in [4.78, 5) is 10.6. The normalized spacial score (nSPS) is 10.3. The van der Waals surface area contributed by atoms with E-state index < -0.39 is 0 Å². The third-order valence-electron chi connectivity index (χ3n) is 2.66. The molecule has 0 unspecified atom stereocenters. The van der Waals surface area contributed by atoms with E-state index in [-0.39, 0.29) is 0 Å². The van der Waals surface area contributed by atoms with Gasteiger partial charge in [0.1, 0.15) is 5.82 Å². The van der Waals surface area contributed by atoms with E-state index in [1.54, 1.807) is 25.7 Å². The van der Waals surface area contributed by atoms with Crippen molar-refractivity contribution < 1.29 is 4.74 Å². The Morgan fingerprint density at radius 1 is 1.17 bits per heavy atom. The van der Waals surface area contributed by atoms with Crippen molar-refractivity contribution in [3.63, 3.8) is 0 Å². The fraction of sp³-hybridized carbons (Fsp3) is 0.286. The largest absolute Gasteiger partial charge is 0.383 e. The molecule has 0 fully saturated rings. The van der Waals surface area contributed by atoms with Crippen molar-refractivity contribution in [2.75, 3.05) is 25.2 Å². The maximum atomic E-state index is 5.14. The first-order valence-corrected chi connectivity index (χ1v) is 5.94. The molecule has 0 atom stereocenters. The molecule has 94 valence electrons.